The van der Waals surface area contributed by atoms with Crippen LogP contribution in [0, 0.1) is 6.92 Å². The molecule has 0 saturated carbocycles. The van der Waals surface area contributed by atoms with Gasteiger partial charge in [0.15, 0.2) is 0 Å². The molecule has 0 N–H and O–H groups in total. The zero-order valence-electron chi connectivity index (χ0n) is 8.16. The van der Waals surface area contributed by atoms with Crippen molar-refractivity contribution in [1.82, 2.24) is 9.55 Å². The van der Waals surface area contributed by atoms with Crippen LogP contribution in [0.15, 0.2) is 30.5 Å². The Bertz CT molecular complexity index is 423. The van der Waals surface area contributed by atoms with E-state index in [1.54, 1.807) is 0 Å². The van der Waals surface area contributed by atoms with Crippen LogP contribution < -0.4 is 0 Å². The molecule has 2 nitrogen and oxygen atoms in total. The first-order valence-corrected chi connectivity index (χ1v) is 4.80. The summed E-state index contributed by atoms with van der Waals surface area (Å²) in [6.45, 7) is 1.99. The average Bonchev–Trinajstić information content (AvgIpc) is 2.48. The predicted molar refractivity (Wildman–Crippen MR) is 58.4 cm³/mol. The van der Waals surface area contributed by atoms with Crippen molar-refractivity contribution in [2.45, 2.75) is 6.92 Å². The summed E-state index contributed by atoms with van der Waals surface area (Å²) < 4.78 is 2.00. The number of aryl methyl sites for hydroxylation is 2. The van der Waals surface area contributed by atoms with Crippen molar-refractivity contribution in [3.05, 3.63) is 41.3 Å². The number of benzene rings is 1. The zero-order chi connectivity index (χ0) is 10.1. The molecule has 0 bridgehead atoms. The molecule has 2 aromatic rings. The van der Waals surface area contributed by atoms with Crippen LogP contribution >= 0.6 is 11.6 Å². The number of nitrogens with zero attached hydrogens (tertiary/aromatic N) is 2. The second-order valence-electron chi connectivity index (χ2n) is 3.29. The summed E-state index contributed by atoms with van der Waals surface area (Å²) in [7, 11) is 1.99. The number of hydrogen-bond donors (Lipinski definition) is 0. The summed E-state index contributed by atoms with van der Waals surface area (Å²) in [6, 6.07) is 7.70. The van der Waals surface area contributed by atoms with Crippen LogP contribution in [0.25, 0.3) is 11.3 Å². The summed E-state index contributed by atoms with van der Waals surface area (Å²) in [5.41, 5.74) is 2.08. The smallest absolute Gasteiger partial charge is 0.105 e. The van der Waals surface area contributed by atoms with Gasteiger partial charge in [-0.05, 0) is 19.1 Å². The molecule has 0 saturated heterocycles. The van der Waals surface area contributed by atoms with Crippen molar-refractivity contribution in [2.24, 2.45) is 7.05 Å². The summed E-state index contributed by atoms with van der Waals surface area (Å²) in [5.74, 6) is 1.01. The molecule has 0 atom stereocenters. The largest absolute Gasteiger partial charge is 0.338 e. The molecule has 72 valence electrons. The lowest BCUT2D eigenvalue weighted by Gasteiger charge is -1.95. The molecule has 0 radical (unpaired) electrons. The van der Waals surface area contributed by atoms with Crippen molar-refractivity contribution in [3.8, 4) is 11.3 Å². The number of halogens is 1. The molecule has 1 heterocycles. The number of hydrogen-bond acceptors (Lipinski definition) is 1. The highest BCUT2D eigenvalue weighted by Gasteiger charge is 2.03. The van der Waals surface area contributed by atoms with E-state index in [-0.39, 0.29) is 0 Å². The van der Waals surface area contributed by atoms with Crippen LogP contribution in [0.4, 0.5) is 0 Å². The van der Waals surface area contributed by atoms with Crippen LogP contribution in [0.2, 0.25) is 5.02 Å². The molecule has 14 heavy (non-hydrogen) atoms. The molecule has 0 unspecified atom stereocenters. The van der Waals surface area contributed by atoms with Crippen molar-refractivity contribution in [1.29, 1.82) is 0 Å². The highest BCUT2D eigenvalue weighted by Crippen LogP contribution is 2.20. The summed E-state index contributed by atoms with van der Waals surface area (Å²) in [5, 5.41) is 0.751. The van der Waals surface area contributed by atoms with Crippen molar-refractivity contribution in [3.63, 3.8) is 0 Å². The summed E-state index contributed by atoms with van der Waals surface area (Å²) >= 11 is 5.81. The second kappa shape index (κ2) is 3.46. The van der Waals surface area contributed by atoms with E-state index in [2.05, 4.69) is 4.98 Å². The summed E-state index contributed by atoms with van der Waals surface area (Å²) in [4.78, 5) is 4.43. The van der Waals surface area contributed by atoms with Crippen molar-refractivity contribution >= 4 is 11.6 Å². The monoisotopic (exact) mass is 206 g/mol. The Balaban J connectivity index is 2.44. The van der Waals surface area contributed by atoms with E-state index in [1.807, 2.05) is 49.0 Å². The van der Waals surface area contributed by atoms with Gasteiger partial charge in [0, 0.05) is 23.8 Å². The van der Waals surface area contributed by atoms with E-state index < -0.39 is 0 Å². The van der Waals surface area contributed by atoms with Gasteiger partial charge in [0.2, 0.25) is 0 Å². The van der Waals surface area contributed by atoms with Crippen LogP contribution in [0.3, 0.4) is 0 Å². The molecular weight excluding hydrogens is 196 g/mol. The SMILES string of the molecule is Cc1nc(-c2ccc(Cl)cc2)cn1C. The fourth-order valence-electron chi connectivity index (χ4n) is 1.32. The molecule has 2 rings (SSSR count). The van der Waals surface area contributed by atoms with Crippen LogP contribution in [-0.2, 0) is 7.05 Å². The minimum atomic E-state index is 0.751. The predicted octanol–water partition coefficient (Wildman–Crippen LogP) is 3.05. The van der Waals surface area contributed by atoms with Crippen LogP contribution in [-0.4, -0.2) is 9.55 Å². The standard InChI is InChI=1S/C11H11ClN2/c1-8-13-11(7-14(8)2)9-3-5-10(12)6-4-9/h3-7H,1-2H3. The Kier molecular flexibility index (Phi) is 2.30. The van der Waals surface area contributed by atoms with Crippen molar-refractivity contribution in [2.75, 3.05) is 0 Å². The number of rotatable bonds is 1. The Morgan fingerprint density at radius 1 is 1.21 bits per heavy atom. The Morgan fingerprint density at radius 3 is 2.36 bits per heavy atom. The first-order valence-electron chi connectivity index (χ1n) is 4.43. The quantitative estimate of drug-likeness (QED) is 0.701. The molecule has 1 aromatic heterocycles. The molecular formula is C11H11ClN2. The van der Waals surface area contributed by atoms with Crippen LogP contribution in [0.1, 0.15) is 5.82 Å². The van der Waals surface area contributed by atoms with Gasteiger partial charge in [0.05, 0.1) is 5.69 Å². The van der Waals surface area contributed by atoms with E-state index in [4.69, 9.17) is 11.6 Å². The molecule has 0 fully saturated rings. The Hall–Kier alpha value is -1.28. The third-order valence-electron chi connectivity index (χ3n) is 2.25. The maximum atomic E-state index is 5.81. The molecule has 0 spiro atoms. The highest BCUT2D eigenvalue weighted by molar-refractivity contribution is 6.30. The molecule has 0 aliphatic heterocycles. The minimum absolute atomic E-state index is 0.751. The van der Waals surface area contributed by atoms with Gasteiger partial charge in [-0.15, -0.1) is 0 Å². The van der Waals surface area contributed by atoms with E-state index in [0.717, 1.165) is 22.1 Å². The molecule has 0 amide bonds. The maximum absolute atomic E-state index is 5.81. The van der Waals surface area contributed by atoms with Gasteiger partial charge in [-0.2, -0.15) is 0 Å². The van der Waals surface area contributed by atoms with Gasteiger partial charge in [0.25, 0.3) is 0 Å². The van der Waals surface area contributed by atoms with Gasteiger partial charge in [-0.25, -0.2) is 4.98 Å². The average molecular weight is 207 g/mol. The lowest BCUT2D eigenvalue weighted by Crippen LogP contribution is -1.86. The van der Waals surface area contributed by atoms with Gasteiger partial charge >= 0.3 is 0 Å². The topological polar surface area (TPSA) is 17.8 Å². The first kappa shape index (κ1) is 9.28. The van der Waals surface area contributed by atoms with Gasteiger partial charge in [-0.3, -0.25) is 0 Å². The second-order valence-corrected chi connectivity index (χ2v) is 3.73. The van der Waals surface area contributed by atoms with Crippen molar-refractivity contribution < 1.29 is 0 Å². The Labute approximate surface area is 88.2 Å². The lowest BCUT2D eigenvalue weighted by atomic mass is 10.2. The first-order chi connectivity index (χ1) is 6.66. The summed E-state index contributed by atoms with van der Waals surface area (Å²) in [6.07, 6.45) is 2.01. The van der Waals surface area contributed by atoms with E-state index >= 15 is 0 Å². The zero-order valence-corrected chi connectivity index (χ0v) is 8.92. The molecule has 0 aliphatic rings. The fourth-order valence-corrected chi connectivity index (χ4v) is 1.44. The lowest BCUT2D eigenvalue weighted by molar-refractivity contribution is 0.858. The number of imidazole rings is 1. The maximum Gasteiger partial charge on any atom is 0.105 e. The van der Waals surface area contributed by atoms with Gasteiger partial charge in [-0.1, -0.05) is 23.7 Å². The van der Waals surface area contributed by atoms with Gasteiger partial charge in [0.1, 0.15) is 5.82 Å². The normalized spacial score (nSPS) is 10.5. The van der Waals surface area contributed by atoms with Crippen LogP contribution in [0.5, 0.6) is 0 Å². The number of aromatic nitrogens is 2. The molecule has 1 aromatic carbocycles. The fraction of sp³-hybridized carbons (Fsp3) is 0.182. The molecule has 3 heteroatoms. The third-order valence-corrected chi connectivity index (χ3v) is 2.50. The van der Waals surface area contributed by atoms with E-state index in [1.165, 1.54) is 0 Å². The van der Waals surface area contributed by atoms with E-state index in [9.17, 15) is 0 Å². The molecule has 0 aliphatic carbocycles. The Morgan fingerprint density at radius 2 is 1.86 bits per heavy atom. The highest BCUT2D eigenvalue weighted by atomic mass is 35.5. The minimum Gasteiger partial charge on any atom is -0.338 e. The van der Waals surface area contributed by atoms with E-state index in [0.29, 0.717) is 0 Å². The third kappa shape index (κ3) is 1.66. The van der Waals surface area contributed by atoms with Gasteiger partial charge < -0.3 is 4.57 Å².